The lowest BCUT2D eigenvalue weighted by atomic mass is 9.97. The van der Waals surface area contributed by atoms with Crippen LogP contribution in [0.25, 0.3) is 20.5 Å². The minimum absolute atomic E-state index is 0. The van der Waals surface area contributed by atoms with Gasteiger partial charge in [0.2, 0.25) is 0 Å². The molecule has 0 aliphatic carbocycles. The van der Waals surface area contributed by atoms with Gasteiger partial charge in [0.1, 0.15) is 18.1 Å². The van der Waals surface area contributed by atoms with E-state index >= 15 is 0 Å². The molecule has 1 aromatic heterocycles. The predicted molar refractivity (Wildman–Crippen MR) is 142 cm³/mol. The van der Waals surface area contributed by atoms with Crippen LogP contribution in [0.15, 0.2) is 72.8 Å². The number of ether oxygens (including phenoxy) is 1. The SMILES string of the molecule is Cl.O=C(c1ccc(OCCN2CCCCC2)cc1)c1c(-c2ccccc2)sc2cc(O)ccc12. The lowest BCUT2D eigenvalue weighted by Gasteiger charge is -2.26. The van der Waals surface area contributed by atoms with Gasteiger partial charge in [-0.2, -0.15) is 0 Å². The molecule has 1 N–H and O–H groups in total. The normalized spacial score (nSPS) is 14.0. The predicted octanol–water partition coefficient (Wildman–Crippen LogP) is 6.79. The fraction of sp³-hybridized carbons (Fsp3) is 0.250. The molecule has 0 atom stereocenters. The molecule has 6 heteroatoms. The van der Waals surface area contributed by atoms with Gasteiger partial charge in [0.05, 0.1) is 0 Å². The number of aromatic hydroxyl groups is 1. The second kappa shape index (κ2) is 11.0. The third-order valence-electron chi connectivity index (χ3n) is 6.18. The number of rotatable bonds is 7. The first-order chi connectivity index (χ1) is 16.2. The van der Waals surface area contributed by atoms with E-state index in [4.69, 9.17) is 4.74 Å². The van der Waals surface area contributed by atoms with Gasteiger partial charge in [-0.05, 0) is 74.0 Å². The van der Waals surface area contributed by atoms with Gasteiger partial charge in [-0.15, -0.1) is 23.7 Å². The number of halogens is 1. The summed E-state index contributed by atoms with van der Waals surface area (Å²) in [4.78, 5) is 17.0. The smallest absolute Gasteiger partial charge is 0.195 e. The molecule has 0 radical (unpaired) electrons. The van der Waals surface area contributed by atoms with E-state index in [2.05, 4.69) is 4.90 Å². The summed E-state index contributed by atoms with van der Waals surface area (Å²) in [5.41, 5.74) is 2.31. The zero-order chi connectivity index (χ0) is 22.6. The highest BCUT2D eigenvalue weighted by atomic mass is 35.5. The van der Waals surface area contributed by atoms with Crippen molar-refractivity contribution in [1.29, 1.82) is 0 Å². The van der Waals surface area contributed by atoms with Gasteiger partial charge in [0.15, 0.2) is 5.78 Å². The van der Waals surface area contributed by atoms with E-state index in [1.807, 2.05) is 60.7 Å². The lowest BCUT2D eigenvalue weighted by Crippen LogP contribution is -2.33. The summed E-state index contributed by atoms with van der Waals surface area (Å²) in [6.45, 7) is 3.92. The van der Waals surface area contributed by atoms with Crippen LogP contribution in [0.3, 0.4) is 0 Å². The summed E-state index contributed by atoms with van der Waals surface area (Å²) in [6, 6.07) is 22.6. The van der Waals surface area contributed by atoms with E-state index in [9.17, 15) is 9.90 Å². The summed E-state index contributed by atoms with van der Waals surface area (Å²) in [5, 5.41) is 10.8. The van der Waals surface area contributed by atoms with Crippen LogP contribution in [0, 0.1) is 0 Å². The van der Waals surface area contributed by atoms with Gasteiger partial charge < -0.3 is 9.84 Å². The van der Waals surface area contributed by atoms with Crippen LogP contribution in [0.4, 0.5) is 0 Å². The van der Waals surface area contributed by atoms with E-state index in [0.717, 1.165) is 45.9 Å². The molecular weight excluding hydrogens is 466 g/mol. The quantitative estimate of drug-likeness (QED) is 0.288. The molecule has 0 amide bonds. The van der Waals surface area contributed by atoms with Gasteiger partial charge in [-0.1, -0.05) is 36.8 Å². The average Bonchev–Trinajstić information content (AvgIpc) is 3.24. The lowest BCUT2D eigenvalue weighted by molar-refractivity contribution is 0.104. The fourth-order valence-corrected chi connectivity index (χ4v) is 5.66. The first-order valence-corrected chi connectivity index (χ1v) is 12.3. The van der Waals surface area contributed by atoms with Crippen LogP contribution in [0.2, 0.25) is 0 Å². The number of hydrogen-bond acceptors (Lipinski definition) is 5. The van der Waals surface area contributed by atoms with Crippen LogP contribution in [0.1, 0.15) is 35.2 Å². The molecule has 34 heavy (non-hydrogen) atoms. The van der Waals surface area contributed by atoms with Gasteiger partial charge in [0, 0.05) is 32.6 Å². The maximum atomic E-state index is 13.6. The number of ketones is 1. The zero-order valence-corrected chi connectivity index (χ0v) is 20.5. The Bertz CT molecular complexity index is 1250. The van der Waals surface area contributed by atoms with Crippen molar-refractivity contribution >= 4 is 39.6 Å². The topological polar surface area (TPSA) is 49.8 Å². The first-order valence-electron chi connectivity index (χ1n) is 11.5. The molecule has 1 aliphatic rings. The van der Waals surface area contributed by atoms with Crippen molar-refractivity contribution in [1.82, 2.24) is 4.90 Å². The number of phenolic OH excluding ortho intramolecular Hbond substituents is 1. The number of thiophene rings is 1. The molecular formula is C28H28ClNO3S. The van der Waals surface area contributed by atoms with E-state index in [0.29, 0.717) is 17.7 Å². The average molecular weight is 494 g/mol. The third-order valence-corrected chi connectivity index (χ3v) is 7.38. The van der Waals surface area contributed by atoms with E-state index in [1.54, 1.807) is 12.1 Å². The van der Waals surface area contributed by atoms with Crippen LogP contribution in [-0.2, 0) is 0 Å². The van der Waals surface area contributed by atoms with Crippen LogP contribution >= 0.6 is 23.7 Å². The molecule has 4 nitrogen and oxygen atoms in total. The Morgan fingerprint density at radius 2 is 1.68 bits per heavy atom. The molecule has 1 fully saturated rings. The maximum Gasteiger partial charge on any atom is 0.195 e. The van der Waals surface area contributed by atoms with E-state index in [-0.39, 0.29) is 23.9 Å². The number of carbonyl (C=O) groups is 1. The van der Waals surface area contributed by atoms with E-state index in [1.165, 1.54) is 30.6 Å². The van der Waals surface area contributed by atoms with Gasteiger partial charge in [-0.3, -0.25) is 9.69 Å². The molecule has 4 aromatic rings. The highest BCUT2D eigenvalue weighted by Crippen LogP contribution is 2.41. The summed E-state index contributed by atoms with van der Waals surface area (Å²) in [6.07, 6.45) is 3.89. The largest absolute Gasteiger partial charge is 0.508 e. The van der Waals surface area contributed by atoms with Crippen molar-refractivity contribution in [3.63, 3.8) is 0 Å². The first kappa shape index (κ1) is 24.3. The molecule has 5 rings (SSSR count). The molecule has 1 saturated heterocycles. The Hall–Kier alpha value is -2.86. The number of nitrogens with zero attached hydrogens (tertiary/aromatic N) is 1. The Morgan fingerprint density at radius 1 is 0.941 bits per heavy atom. The van der Waals surface area contributed by atoms with Crippen molar-refractivity contribution in [3.05, 3.63) is 83.9 Å². The second-order valence-electron chi connectivity index (χ2n) is 8.46. The number of piperidine rings is 1. The van der Waals surface area contributed by atoms with Crippen molar-refractivity contribution in [2.45, 2.75) is 19.3 Å². The summed E-state index contributed by atoms with van der Waals surface area (Å²) >= 11 is 1.53. The maximum absolute atomic E-state index is 13.6. The monoisotopic (exact) mass is 493 g/mol. The van der Waals surface area contributed by atoms with Crippen molar-refractivity contribution < 1.29 is 14.6 Å². The molecule has 0 bridgehead atoms. The van der Waals surface area contributed by atoms with Gasteiger partial charge in [-0.25, -0.2) is 0 Å². The Labute approximate surface area is 210 Å². The number of hydrogen-bond donors (Lipinski definition) is 1. The number of fused-ring (bicyclic) bond motifs is 1. The fourth-order valence-electron chi connectivity index (χ4n) is 4.43. The molecule has 0 spiro atoms. The highest BCUT2D eigenvalue weighted by Gasteiger charge is 2.22. The number of likely N-dealkylation sites (tertiary alicyclic amines) is 1. The summed E-state index contributed by atoms with van der Waals surface area (Å²) < 4.78 is 6.83. The van der Waals surface area contributed by atoms with Gasteiger partial charge in [0.25, 0.3) is 0 Å². The summed E-state index contributed by atoms with van der Waals surface area (Å²) in [7, 11) is 0. The zero-order valence-electron chi connectivity index (χ0n) is 18.9. The number of phenols is 1. The van der Waals surface area contributed by atoms with E-state index < -0.39 is 0 Å². The minimum Gasteiger partial charge on any atom is -0.508 e. The minimum atomic E-state index is -0.0225. The Balaban J connectivity index is 0.00000274. The van der Waals surface area contributed by atoms with Crippen molar-refractivity contribution in [2.75, 3.05) is 26.2 Å². The highest BCUT2D eigenvalue weighted by molar-refractivity contribution is 7.22. The third kappa shape index (κ3) is 5.27. The molecule has 2 heterocycles. The Kier molecular flexibility index (Phi) is 7.88. The Morgan fingerprint density at radius 3 is 2.41 bits per heavy atom. The summed E-state index contributed by atoms with van der Waals surface area (Å²) in [5.74, 6) is 0.964. The standard InChI is InChI=1S/C28H27NO3S.ClH/c30-22-11-14-24-25(19-22)33-28(21-7-3-1-4-8-21)26(24)27(31)20-9-12-23(13-10-20)32-18-17-29-15-5-2-6-16-29;/h1,3-4,7-14,19,30H,2,5-6,15-18H2;1H. The van der Waals surface area contributed by atoms with Crippen LogP contribution in [0.5, 0.6) is 11.5 Å². The molecule has 176 valence electrons. The second-order valence-corrected chi connectivity index (χ2v) is 9.51. The molecule has 3 aromatic carbocycles. The molecule has 0 saturated carbocycles. The van der Waals surface area contributed by atoms with Crippen LogP contribution in [-0.4, -0.2) is 42.0 Å². The number of benzene rings is 3. The van der Waals surface area contributed by atoms with Crippen LogP contribution < -0.4 is 4.74 Å². The number of carbonyl (C=O) groups excluding carboxylic acids is 1. The van der Waals surface area contributed by atoms with Gasteiger partial charge >= 0.3 is 0 Å². The van der Waals surface area contributed by atoms with Crippen molar-refractivity contribution in [3.8, 4) is 21.9 Å². The molecule has 1 aliphatic heterocycles. The van der Waals surface area contributed by atoms with Crippen molar-refractivity contribution in [2.24, 2.45) is 0 Å². The molecule has 0 unspecified atom stereocenters.